The first-order valence-corrected chi connectivity index (χ1v) is 7.20. The first-order chi connectivity index (χ1) is 8.99. The number of anilines is 1. The third-order valence-corrected chi connectivity index (χ3v) is 3.72. The Balaban J connectivity index is 2.47. The van der Waals surface area contributed by atoms with Gasteiger partial charge in [-0.15, -0.1) is 0 Å². The number of carbonyl (C=O) groups is 1. The Labute approximate surface area is 122 Å². The average molecular weight is 329 g/mol. The van der Waals surface area contributed by atoms with Crippen molar-refractivity contribution in [3.63, 3.8) is 0 Å². The van der Waals surface area contributed by atoms with Crippen LogP contribution in [0.1, 0.15) is 26.7 Å². The van der Waals surface area contributed by atoms with Gasteiger partial charge >= 0.3 is 0 Å². The van der Waals surface area contributed by atoms with Crippen molar-refractivity contribution in [3.8, 4) is 0 Å². The molecule has 0 radical (unpaired) electrons. The zero-order chi connectivity index (χ0) is 14.3. The molecule has 0 heterocycles. The zero-order valence-corrected chi connectivity index (χ0v) is 13.0. The molecular formula is C14H21BrN2O2. The summed E-state index contributed by atoms with van der Waals surface area (Å²) >= 11 is 3.36. The maximum absolute atomic E-state index is 11.8. The average Bonchev–Trinajstić information content (AvgIpc) is 2.37. The SMILES string of the molecule is CCC(C)(CCO)NCC(=O)Nc1cccc(Br)c1. The summed E-state index contributed by atoms with van der Waals surface area (Å²) in [5, 5.41) is 15.0. The first-order valence-electron chi connectivity index (χ1n) is 6.40. The molecule has 4 nitrogen and oxygen atoms in total. The van der Waals surface area contributed by atoms with Crippen molar-refractivity contribution >= 4 is 27.5 Å². The smallest absolute Gasteiger partial charge is 0.238 e. The molecule has 106 valence electrons. The molecule has 5 heteroatoms. The van der Waals surface area contributed by atoms with Gasteiger partial charge in [0.05, 0.1) is 6.54 Å². The van der Waals surface area contributed by atoms with Gasteiger partial charge < -0.3 is 15.7 Å². The number of amides is 1. The van der Waals surface area contributed by atoms with Gasteiger partial charge in [0.15, 0.2) is 0 Å². The van der Waals surface area contributed by atoms with E-state index in [1.54, 1.807) is 0 Å². The predicted molar refractivity (Wildman–Crippen MR) is 81.2 cm³/mol. The molecule has 1 aromatic carbocycles. The van der Waals surface area contributed by atoms with Crippen LogP contribution in [0, 0.1) is 0 Å². The molecule has 0 aliphatic heterocycles. The summed E-state index contributed by atoms with van der Waals surface area (Å²) < 4.78 is 0.928. The molecule has 0 fully saturated rings. The molecule has 0 aromatic heterocycles. The molecule has 0 saturated carbocycles. The second-order valence-electron chi connectivity index (χ2n) is 4.80. The molecule has 1 atom stereocenters. The minimum Gasteiger partial charge on any atom is -0.396 e. The van der Waals surface area contributed by atoms with Crippen LogP contribution in [0.2, 0.25) is 0 Å². The van der Waals surface area contributed by atoms with Crippen molar-refractivity contribution in [2.45, 2.75) is 32.2 Å². The monoisotopic (exact) mass is 328 g/mol. The quantitative estimate of drug-likeness (QED) is 0.720. The lowest BCUT2D eigenvalue weighted by Gasteiger charge is -2.28. The summed E-state index contributed by atoms with van der Waals surface area (Å²) in [4.78, 5) is 11.8. The van der Waals surface area contributed by atoms with Crippen LogP contribution in [0.15, 0.2) is 28.7 Å². The van der Waals surface area contributed by atoms with Gasteiger partial charge in [0.25, 0.3) is 0 Å². The van der Waals surface area contributed by atoms with Gasteiger partial charge in [-0.1, -0.05) is 28.9 Å². The number of carbonyl (C=O) groups excluding carboxylic acids is 1. The van der Waals surface area contributed by atoms with Gasteiger partial charge in [-0.05, 0) is 38.0 Å². The number of halogens is 1. The summed E-state index contributed by atoms with van der Waals surface area (Å²) in [6, 6.07) is 7.47. The van der Waals surface area contributed by atoms with E-state index in [0.29, 0.717) is 6.42 Å². The van der Waals surface area contributed by atoms with E-state index in [0.717, 1.165) is 16.6 Å². The van der Waals surface area contributed by atoms with Gasteiger partial charge in [-0.2, -0.15) is 0 Å². The van der Waals surface area contributed by atoms with Crippen LogP contribution in [-0.2, 0) is 4.79 Å². The first kappa shape index (κ1) is 16.1. The number of benzene rings is 1. The normalized spacial score (nSPS) is 13.9. The van der Waals surface area contributed by atoms with Gasteiger partial charge in [0, 0.05) is 22.3 Å². The number of aliphatic hydroxyl groups excluding tert-OH is 1. The Morgan fingerprint density at radius 1 is 1.47 bits per heavy atom. The molecule has 3 N–H and O–H groups in total. The summed E-state index contributed by atoms with van der Waals surface area (Å²) in [7, 11) is 0. The lowest BCUT2D eigenvalue weighted by molar-refractivity contribution is -0.115. The Morgan fingerprint density at radius 3 is 2.79 bits per heavy atom. The maximum Gasteiger partial charge on any atom is 0.238 e. The van der Waals surface area contributed by atoms with E-state index in [-0.39, 0.29) is 24.6 Å². The largest absolute Gasteiger partial charge is 0.396 e. The van der Waals surface area contributed by atoms with Crippen molar-refractivity contribution in [3.05, 3.63) is 28.7 Å². The van der Waals surface area contributed by atoms with Crippen molar-refractivity contribution in [2.75, 3.05) is 18.5 Å². The number of rotatable bonds is 7. The van der Waals surface area contributed by atoms with Crippen molar-refractivity contribution in [1.82, 2.24) is 5.32 Å². The minimum absolute atomic E-state index is 0.0873. The second kappa shape index (κ2) is 7.62. The Morgan fingerprint density at radius 2 is 2.21 bits per heavy atom. The van der Waals surface area contributed by atoms with E-state index in [1.165, 1.54) is 0 Å². The Bertz CT molecular complexity index is 426. The van der Waals surface area contributed by atoms with Crippen LogP contribution in [0.25, 0.3) is 0 Å². The standard InChI is InChI=1S/C14H21BrN2O2/c1-3-14(2,7-8-18)16-10-13(19)17-12-6-4-5-11(15)9-12/h4-6,9,16,18H,3,7-8,10H2,1-2H3,(H,17,19). The molecule has 0 saturated heterocycles. The van der Waals surface area contributed by atoms with E-state index in [4.69, 9.17) is 5.11 Å². The van der Waals surface area contributed by atoms with E-state index in [9.17, 15) is 4.79 Å². The van der Waals surface area contributed by atoms with E-state index >= 15 is 0 Å². The van der Waals surface area contributed by atoms with Gasteiger partial charge in [-0.25, -0.2) is 0 Å². The fraction of sp³-hybridized carbons (Fsp3) is 0.500. The van der Waals surface area contributed by atoms with Crippen LogP contribution in [0.5, 0.6) is 0 Å². The van der Waals surface area contributed by atoms with E-state index in [2.05, 4.69) is 26.6 Å². The van der Waals surface area contributed by atoms with Gasteiger partial charge in [0.2, 0.25) is 5.91 Å². The van der Waals surface area contributed by atoms with Crippen LogP contribution in [0.3, 0.4) is 0 Å². The summed E-state index contributed by atoms with van der Waals surface area (Å²) in [6.45, 7) is 4.39. The highest BCUT2D eigenvalue weighted by atomic mass is 79.9. The zero-order valence-electron chi connectivity index (χ0n) is 11.4. The highest BCUT2D eigenvalue weighted by Crippen LogP contribution is 2.16. The van der Waals surface area contributed by atoms with Crippen molar-refractivity contribution in [2.24, 2.45) is 0 Å². The van der Waals surface area contributed by atoms with Crippen LogP contribution in [0.4, 0.5) is 5.69 Å². The summed E-state index contributed by atoms with van der Waals surface area (Å²) in [5.41, 5.74) is 0.560. The molecule has 1 amide bonds. The molecule has 1 aromatic rings. The number of hydrogen-bond acceptors (Lipinski definition) is 3. The Kier molecular flexibility index (Phi) is 6.48. The third-order valence-electron chi connectivity index (χ3n) is 3.23. The number of hydrogen-bond donors (Lipinski definition) is 3. The minimum atomic E-state index is -0.205. The molecule has 1 unspecified atom stereocenters. The van der Waals surface area contributed by atoms with Gasteiger partial charge in [0.1, 0.15) is 0 Å². The van der Waals surface area contributed by atoms with E-state index in [1.807, 2.05) is 38.1 Å². The molecule has 0 aliphatic rings. The Hall–Kier alpha value is -0.910. The van der Waals surface area contributed by atoms with Crippen LogP contribution < -0.4 is 10.6 Å². The molecular weight excluding hydrogens is 308 g/mol. The highest BCUT2D eigenvalue weighted by molar-refractivity contribution is 9.10. The molecule has 0 bridgehead atoms. The highest BCUT2D eigenvalue weighted by Gasteiger charge is 2.21. The topological polar surface area (TPSA) is 61.4 Å². The van der Waals surface area contributed by atoms with E-state index < -0.39 is 0 Å². The molecule has 1 rings (SSSR count). The lowest BCUT2D eigenvalue weighted by atomic mass is 9.95. The number of nitrogens with one attached hydrogen (secondary N) is 2. The summed E-state index contributed by atoms with van der Waals surface area (Å²) in [6.07, 6.45) is 1.49. The predicted octanol–water partition coefficient (Wildman–Crippen LogP) is 2.53. The van der Waals surface area contributed by atoms with Crippen molar-refractivity contribution in [1.29, 1.82) is 0 Å². The third kappa shape index (κ3) is 5.72. The second-order valence-corrected chi connectivity index (χ2v) is 5.72. The fourth-order valence-corrected chi connectivity index (χ4v) is 2.10. The molecule has 19 heavy (non-hydrogen) atoms. The van der Waals surface area contributed by atoms with Crippen LogP contribution in [-0.4, -0.2) is 29.7 Å². The van der Waals surface area contributed by atoms with Crippen molar-refractivity contribution < 1.29 is 9.90 Å². The fourth-order valence-electron chi connectivity index (χ4n) is 1.70. The maximum atomic E-state index is 11.8. The molecule has 0 spiro atoms. The summed E-state index contributed by atoms with van der Waals surface area (Å²) in [5.74, 6) is -0.0873. The number of aliphatic hydroxyl groups is 1. The van der Waals surface area contributed by atoms with Gasteiger partial charge in [-0.3, -0.25) is 4.79 Å². The lowest BCUT2D eigenvalue weighted by Crippen LogP contribution is -2.46. The molecule has 0 aliphatic carbocycles. The van der Waals surface area contributed by atoms with Crippen LogP contribution >= 0.6 is 15.9 Å².